The van der Waals surface area contributed by atoms with Gasteiger partial charge in [-0.15, -0.1) is 0 Å². The highest BCUT2D eigenvalue weighted by Gasteiger charge is 2.36. The normalized spacial score (nSPS) is 23.7. The molecule has 2 aliphatic rings. The van der Waals surface area contributed by atoms with Gasteiger partial charge in [0.25, 0.3) is 6.01 Å². The number of anilines is 1. The second kappa shape index (κ2) is 7.99. The molecule has 1 amide bonds. The topological polar surface area (TPSA) is 85.2 Å². The van der Waals surface area contributed by atoms with Crippen LogP contribution in [0, 0.1) is 5.92 Å². The van der Waals surface area contributed by atoms with Crippen LogP contribution in [0.3, 0.4) is 0 Å². The van der Waals surface area contributed by atoms with E-state index in [0.29, 0.717) is 27.7 Å². The fourth-order valence-electron chi connectivity index (χ4n) is 5.32. The molecular formula is C23H24Cl2N4O2. The molecule has 5 rings (SSSR count). The first-order valence-electron chi connectivity index (χ1n) is 10.7. The van der Waals surface area contributed by atoms with E-state index in [9.17, 15) is 4.79 Å². The van der Waals surface area contributed by atoms with E-state index in [0.717, 1.165) is 48.8 Å². The van der Waals surface area contributed by atoms with Crippen molar-refractivity contribution in [2.24, 2.45) is 5.92 Å². The van der Waals surface area contributed by atoms with Crippen LogP contribution in [0.25, 0.3) is 11.1 Å². The maximum Gasteiger partial charge on any atom is 0.293 e. The van der Waals surface area contributed by atoms with Gasteiger partial charge in [-0.1, -0.05) is 29.6 Å². The highest BCUT2D eigenvalue weighted by Crippen LogP contribution is 2.42. The highest BCUT2D eigenvalue weighted by molar-refractivity contribution is 6.35. The Kier molecular flexibility index (Phi) is 5.30. The van der Waals surface area contributed by atoms with Crippen molar-refractivity contribution in [2.45, 2.75) is 51.0 Å². The van der Waals surface area contributed by atoms with Gasteiger partial charge < -0.3 is 15.1 Å². The van der Waals surface area contributed by atoms with E-state index in [-0.39, 0.29) is 29.8 Å². The minimum Gasteiger partial charge on any atom is -0.423 e. The zero-order chi connectivity index (χ0) is 21.7. The number of nitrogen functional groups attached to an aromatic ring is 1. The van der Waals surface area contributed by atoms with Gasteiger partial charge in [0.15, 0.2) is 5.58 Å². The molecule has 1 aliphatic carbocycles. The molecule has 8 heteroatoms. The molecule has 1 aromatic carbocycles. The van der Waals surface area contributed by atoms with Gasteiger partial charge in [0.2, 0.25) is 5.91 Å². The molecule has 0 saturated heterocycles. The third kappa shape index (κ3) is 3.66. The van der Waals surface area contributed by atoms with E-state index in [1.807, 2.05) is 17.2 Å². The lowest BCUT2D eigenvalue weighted by atomic mass is 9.77. The smallest absolute Gasteiger partial charge is 0.293 e. The zero-order valence-electron chi connectivity index (χ0n) is 17.3. The predicted molar refractivity (Wildman–Crippen MR) is 121 cm³/mol. The molecule has 1 saturated carbocycles. The predicted octanol–water partition coefficient (Wildman–Crippen LogP) is 5.53. The average molecular weight is 459 g/mol. The van der Waals surface area contributed by atoms with Crippen LogP contribution in [0.5, 0.6) is 0 Å². The van der Waals surface area contributed by atoms with Gasteiger partial charge in [-0.2, -0.15) is 4.98 Å². The van der Waals surface area contributed by atoms with E-state index in [1.54, 1.807) is 12.3 Å². The third-order valence-corrected chi connectivity index (χ3v) is 7.31. The lowest BCUT2D eigenvalue weighted by molar-refractivity contribution is -0.139. The van der Waals surface area contributed by atoms with Gasteiger partial charge in [0.1, 0.15) is 5.52 Å². The van der Waals surface area contributed by atoms with Crippen LogP contribution >= 0.6 is 23.2 Å². The molecule has 3 atom stereocenters. The Bertz CT molecular complexity index is 1160. The number of halogens is 2. The lowest BCUT2D eigenvalue weighted by Crippen LogP contribution is -2.43. The summed E-state index contributed by atoms with van der Waals surface area (Å²) in [5.74, 6) is 0.358. The van der Waals surface area contributed by atoms with E-state index in [4.69, 9.17) is 33.4 Å². The Morgan fingerprint density at radius 3 is 2.94 bits per heavy atom. The molecule has 31 heavy (non-hydrogen) atoms. The monoisotopic (exact) mass is 458 g/mol. The molecule has 3 heterocycles. The van der Waals surface area contributed by atoms with E-state index < -0.39 is 0 Å². The molecule has 0 radical (unpaired) electrons. The van der Waals surface area contributed by atoms with Crippen molar-refractivity contribution in [3.05, 3.63) is 51.3 Å². The summed E-state index contributed by atoms with van der Waals surface area (Å²) in [4.78, 5) is 24.1. The number of nitrogens with zero attached hydrogens (tertiary/aromatic N) is 3. The van der Waals surface area contributed by atoms with Crippen molar-refractivity contribution in [3.8, 4) is 0 Å². The van der Waals surface area contributed by atoms with Crippen LogP contribution in [0.15, 0.2) is 28.9 Å². The van der Waals surface area contributed by atoms with E-state index in [1.165, 1.54) is 0 Å². The van der Waals surface area contributed by atoms with Gasteiger partial charge in [-0.3, -0.25) is 9.78 Å². The zero-order valence-corrected chi connectivity index (χ0v) is 18.8. The molecule has 1 fully saturated rings. The van der Waals surface area contributed by atoms with Crippen LogP contribution < -0.4 is 5.73 Å². The van der Waals surface area contributed by atoms with E-state index >= 15 is 0 Å². The Balaban J connectivity index is 1.38. The van der Waals surface area contributed by atoms with Crippen molar-refractivity contribution in [2.75, 3.05) is 12.3 Å². The summed E-state index contributed by atoms with van der Waals surface area (Å²) in [6.45, 7) is 2.73. The van der Waals surface area contributed by atoms with Crippen LogP contribution in [-0.4, -0.2) is 27.3 Å². The van der Waals surface area contributed by atoms with Gasteiger partial charge in [0, 0.05) is 34.3 Å². The summed E-state index contributed by atoms with van der Waals surface area (Å²) in [5, 5.41) is 1.27. The SMILES string of the molecule is C[C@H]1c2c(Cl)cc(Cl)cc2CCN1C(=O)[C@@H]1CCC[C@H](c2cncc3nc(N)oc23)C1. The minimum absolute atomic E-state index is 0.0376. The van der Waals surface area contributed by atoms with E-state index in [2.05, 4.69) is 16.9 Å². The number of benzene rings is 1. The van der Waals surface area contributed by atoms with Crippen LogP contribution in [-0.2, 0) is 11.2 Å². The Labute approximate surface area is 190 Å². The fourth-order valence-corrected chi connectivity index (χ4v) is 6.01. The molecule has 0 bridgehead atoms. The maximum absolute atomic E-state index is 13.6. The number of aromatic nitrogens is 2. The number of rotatable bonds is 2. The third-order valence-electron chi connectivity index (χ3n) is 6.78. The molecule has 162 valence electrons. The maximum atomic E-state index is 13.6. The van der Waals surface area contributed by atoms with Crippen molar-refractivity contribution < 1.29 is 9.21 Å². The van der Waals surface area contributed by atoms with Crippen LogP contribution in [0.2, 0.25) is 10.0 Å². The van der Waals surface area contributed by atoms with Crippen molar-refractivity contribution in [1.82, 2.24) is 14.9 Å². The first-order valence-corrected chi connectivity index (χ1v) is 11.5. The molecule has 6 nitrogen and oxygen atoms in total. The standard InChI is InChI=1S/C23H24Cl2N4O2/c1-12-20-14(8-16(24)9-18(20)25)5-6-29(12)22(30)15-4-2-3-13(7-15)17-10-27-11-19-21(17)31-23(26)28-19/h8-13,15H,2-7H2,1H3,(H2,26,28)/t12-,13-,15+/m0/s1. The summed E-state index contributed by atoms with van der Waals surface area (Å²) in [6.07, 6.45) is 7.89. The summed E-state index contributed by atoms with van der Waals surface area (Å²) < 4.78 is 5.65. The number of carbonyl (C=O) groups is 1. The quantitative estimate of drug-likeness (QED) is 0.545. The first-order chi connectivity index (χ1) is 14.9. The van der Waals surface area contributed by atoms with Crippen LogP contribution in [0.4, 0.5) is 6.01 Å². The number of hydrogen-bond acceptors (Lipinski definition) is 5. The van der Waals surface area contributed by atoms with Crippen LogP contribution in [0.1, 0.15) is 61.3 Å². The number of carbonyl (C=O) groups excluding carboxylic acids is 1. The fraction of sp³-hybridized carbons (Fsp3) is 0.435. The molecule has 2 aromatic heterocycles. The number of hydrogen-bond donors (Lipinski definition) is 1. The lowest BCUT2D eigenvalue weighted by Gasteiger charge is -2.39. The highest BCUT2D eigenvalue weighted by atomic mass is 35.5. The number of amides is 1. The number of oxazole rings is 1. The van der Waals surface area contributed by atoms with Gasteiger partial charge >= 0.3 is 0 Å². The van der Waals surface area contributed by atoms with Crippen molar-refractivity contribution >= 4 is 46.2 Å². The Morgan fingerprint density at radius 2 is 2.10 bits per heavy atom. The molecule has 1 aliphatic heterocycles. The second-order valence-electron chi connectivity index (χ2n) is 8.61. The Hall–Kier alpha value is -2.31. The molecule has 2 N–H and O–H groups in total. The largest absolute Gasteiger partial charge is 0.423 e. The van der Waals surface area contributed by atoms with Gasteiger partial charge in [0.05, 0.1) is 12.2 Å². The number of nitrogens with two attached hydrogens (primary N) is 1. The van der Waals surface area contributed by atoms with Gasteiger partial charge in [-0.25, -0.2) is 0 Å². The second-order valence-corrected chi connectivity index (χ2v) is 9.45. The van der Waals surface area contributed by atoms with Crippen molar-refractivity contribution in [1.29, 1.82) is 0 Å². The van der Waals surface area contributed by atoms with Gasteiger partial charge in [-0.05, 0) is 61.8 Å². The van der Waals surface area contributed by atoms with Crippen molar-refractivity contribution in [3.63, 3.8) is 0 Å². The summed E-state index contributed by atoms with van der Waals surface area (Å²) >= 11 is 12.7. The molecular weight excluding hydrogens is 435 g/mol. The molecule has 0 spiro atoms. The number of pyridine rings is 1. The average Bonchev–Trinajstić information content (AvgIpc) is 3.13. The minimum atomic E-state index is -0.0689. The molecule has 0 unspecified atom stereocenters. The summed E-state index contributed by atoms with van der Waals surface area (Å²) in [6, 6.07) is 3.81. The summed E-state index contributed by atoms with van der Waals surface area (Å²) in [5.41, 5.74) is 10.3. The number of fused-ring (bicyclic) bond motifs is 2. The molecule has 3 aromatic rings. The first kappa shape index (κ1) is 20.6. The Morgan fingerprint density at radius 1 is 1.26 bits per heavy atom. The summed E-state index contributed by atoms with van der Waals surface area (Å²) in [7, 11) is 0.